The molecule has 1 aromatic heterocycles. The third-order valence-corrected chi connectivity index (χ3v) is 2.40. The third kappa shape index (κ3) is 2.23. The van der Waals surface area contributed by atoms with Crippen LogP contribution in [0.1, 0.15) is 10.5 Å². The number of rotatable bonds is 2. The smallest absolute Gasteiger partial charge is 0.276 e. The number of para-hydroxylation sites is 1. The van der Waals surface area contributed by atoms with Gasteiger partial charge in [0.05, 0.1) is 10.7 Å². The first-order chi connectivity index (χ1) is 7.66. The minimum Gasteiger partial charge on any atom is -0.319 e. The number of anilines is 1. The summed E-state index contributed by atoms with van der Waals surface area (Å²) in [7, 11) is 1.76. The summed E-state index contributed by atoms with van der Waals surface area (Å²) in [5.74, 6) is -0.270. The Morgan fingerprint density at radius 1 is 1.38 bits per heavy atom. The molecule has 0 fully saturated rings. The van der Waals surface area contributed by atoms with E-state index >= 15 is 0 Å². The molecule has 16 heavy (non-hydrogen) atoms. The predicted molar refractivity (Wildman–Crippen MR) is 62.6 cm³/mol. The Labute approximate surface area is 97.8 Å². The molecule has 2 rings (SSSR count). The lowest BCUT2D eigenvalue weighted by molar-refractivity contribution is 0.102. The van der Waals surface area contributed by atoms with Crippen LogP contribution in [-0.4, -0.2) is 15.7 Å². The van der Waals surface area contributed by atoms with Gasteiger partial charge in [0.2, 0.25) is 0 Å². The lowest BCUT2D eigenvalue weighted by Crippen LogP contribution is -2.13. The maximum absolute atomic E-state index is 11.7. The second kappa shape index (κ2) is 4.37. The van der Waals surface area contributed by atoms with Crippen molar-refractivity contribution in [3.05, 3.63) is 47.2 Å². The van der Waals surface area contributed by atoms with Crippen LogP contribution in [0.5, 0.6) is 0 Å². The van der Waals surface area contributed by atoms with E-state index in [1.165, 1.54) is 0 Å². The molecular formula is C11H10ClN3O. The fourth-order valence-electron chi connectivity index (χ4n) is 1.29. The minimum atomic E-state index is -0.270. The van der Waals surface area contributed by atoms with Crippen molar-refractivity contribution in [3.63, 3.8) is 0 Å². The summed E-state index contributed by atoms with van der Waals surface area (Å²) < 4.78 is 1.57. The summed E-state index contributed by atoms with van der Waals surface area (Å²) >= 11 is 5.92. The van der Waals surface area contributed by atoms with Crippen molar-refractivity contribution < 1.29 is 4.79 Å². The van der Waals surface area contributed by atoms with Gasteiger partial charge in [-0.3, -0.25) is 9.48 Å². The van der Waals surface area contributed by atoms with Crippen molar-refractivity contribution in [2.45, 2.75) is 0 Å². The normalized spacial score (nSPS) is 10.1. The van der Waals surface area contributed by atoms with Gasteiger partial charge >= 0.3 is 0 Å². The summed E-state index contributed by atoms with van der Waals surface area (Å²) in [4.78, 5) is 11.7. The second-order valence-corrected chi connectivity index (χ2v) is 3.72. The number of nitrogens with zero attached hydrogens (tertiary/aromatic N) is 2. The zero-order valence-electron chi connectivity index (χ0n) is 8.64. The van der Waals surface area contributed by atoms with Gasteiger partial charge in [0, 0.05) is 13.2 Å². The predicted octanol–water partition coefficient (Wildman–Crippen LogP) is 2.33. The molecule has 0 spiro atoms. The summed E-state index contributed by atoms with van der Waals surface area (Å²) in [5, 5.41) is 7.20. The topological polar surface area (TPSA) is 46.9 Å². The molecule has 0 aliphatic heterocycles. The maximum Gasteiger partial charge on any atom is 0.276 e. The Bertz CT molecular complexity index is 521. The van der Waals surface area contributed by atoms with Crippen LogP contribution in [0, 0.1) is 0 Å². The van der Waals surface area contributed by atoms with E-state index in [4.69, 9.17) is 11.6 Å². The number of hydrogen-bond acceptors (Lipinski definition) is 2. The Balaban J connectivity index is 2.17. The van der Waals surface area contributed by atoms with Gasteiger partial charge in [-0.25, -0.2) is 0 Å². The van der Waals surface area contributed by atoms with Gasteiger partial charge in [-0.15, -0.1) is 0 Å². The minimum absolute atomic E-state index is 0.270. The molecular weight excluding hydrogens is 226 g/mol. The summed E-state index contributed by atoms with van der Waals surface area (Å²) in [6.45, 7) is 0. The van der Waals surface area contributed by atoms with Crippen molar-refractivity contribution >= 4 is 23.2 Å². The van der Waals surface area contributed by atoms with Gasteiger partial charge in [-0.05, 0) is 18.2 Å². The molecule has 0 unspecified atom stereocenters. The highest BCUT2D eigenvalue weighted by molar-refractivity contribution is 6.33. The van der Waals surface area contributed by atoms with E-state index in [9.17, 15) is 4.79 Å². The molecule has 0 bridgehead atoms. The quantitative estimate of drug-likeness (QED) is 0.869. The fraction of sp³-hybridized carbons (Fsp3) is 0.0909. The van der Waals surface area contributed by atoms with Crippen LogP contribution in [0.4, 0.5) is 5.69 Å². The molecule has 0 atom stereocenters. The average molecular weight is 236 g/mol. The highest BCUT2D eigenvalue weighted by Crippen LogP contribution is 2.20. The molecule has 1 aromatic carbocycles. The summed E-state index contributed by atoms with van der Waals surface area (Å²) in [6, 6.07) is 8.71. The number of hydrogen-bond donors (Lipinski definition) is 1. The zero-order valence-corrected chi connectivity index (χ0v) is 9.40. The van der Waals surface area contributed by atoms with Crippen LogP contribution in [0.25, 0.3) is 0 Å². The maximum atomic E-state index is 11.7. The lowest BCUT2D eigenvalue weighted by Gasteiger charge is -2.04. The number of aromatic nitrogens is 2. The molecule has 0 aliphatic rings. The van der Waals surface area contributed by atoms with Crippen molar-refractivity contribution in [1.82, 2.24) is 9.78 Å². The number of aryl methyl sites for hydroxylation is 1. The standard InChI is InChI=1S/C11H10ClN3O/c1-15-7-6-10(14-15)11(16)13-9-5-3-2-4-8(9)12/h2-7H,1H3,(H,13,16). The van der Waals surface area contributed by atoms with Crippen LogP contribution in [-0.2, 0) is 7.05 Å². The zero-order chi connectivity index (χ0) is 11.5. The van der Waals surface area contributed by atoms with Crippen molar-refractivity contribution in [2.24, 2.45) is 7.05 Å². The van der Waals surface area contributed by atoms with E-state index in [0.29, 0.717) is 16.4 Å². The van der Waals surface area contributed by atoms with Crippen molar-refractivity contribution in [1.29, 1.82) is 0 Å². The average Bonchev–Trinajstić information content (AvgIpc) is 2.68. The molecule has 0 aliphatic carbocycles. The highest BCUT2D eigenvalue weighted by Gasteiger charge is 2.10. The monoisotopic (exact) mass is 235 g/mol. The second-order valence-electron chi connectivity index (χ2n) is 3.31. The number of nitrogens with one attached hydrogen (secondary N) is 1. The fourth-order valence-corrected chi connectivity index (χ4v) is 1.47. The molecule has 0 saturated heterocycles. The molecule has 5 heteroatoms. The van der Waals surface area contributed by atoms with E-state index in [1.54, 1.807) is 48.3 Å². The van der Waals surface area contributed by atoms with Crippen LogP contribution in [0.3, 0.4) is 0 Å². The van der Waals surface area contributed by atoms with Crippen LogP contribution in [0.2, 0.25) is 5.02 Å². The van der Waals surface area contributed by atoms with Gasteiger partial charge in [-0.2, -0.15) is 5.10 Å². The largest absolute Gasteiger partial charge is 0.319 e. The first-order valence-electron chi connectivity index (χ1n) is 4.72. The SMILES string of the molecule is Cn1ccc(C(=O)Nc2ccccc2Cl)n1. The van der Waals surface area contributed by atoms with Gasteiger partial charge in [0.1, 0.15) is 0 Å². The van der Waals surface area contributed by atoms with Gasteiger partial charge in [0.15, 0.2) is 5.69 Å². The number of carbonyl (C=O) groups is 1. The van der Waals surface area contributed by atoms with Crippen LogP contribution in [0.15, 0.2) is 36.5 Å². The lowest BCUT2D eigenvalue weighted by atomic mass is 10.3. The third-order valence-electron chi connectivity index (χ3n) is 2.07. The number of amides is 1. The molecule has 1 N–H and O–H groups in total. The van der Waals surface area contributed by atoms with Crippen molar-refractivity contribution in [3.8, 4) is 0 Å². The van der Waals surface area contributed by atoms with Gasteiger partial charge in [-0.1, -0.05) is 23.7 Å². The Kier molecular flexibility index (Phi) is 2.92. The molecule has 1 heterocycles. The molecule has 0 radical (unpaired) electrons. The number of halogens is 1. The molecule has 82 valence electrons. The van der Waals surface area contributed by atoms with Crippen LogP contribution >= 0.6 is 11.6 Å². The van der Waals surface area contributed by atoms with E-state index in [2.05, 4.69) is 10.4 Å². The molecule has 2 aromatic rings. The first-order valence-corrected chi connectivity index (χ1v) is 5.10. The summed E-state index contributed by atoms with van der Waals surface area (Å²) in [6.07, 6.45) is 1.71. The van der Waals surface area contributed by atoms with Crippen molar-refractivity contribution in [2.75, 3.05) is 5.32 Å². The summed E-state index contributed by atoms with van der Waals surface area (Å²) in [5.41, 5.74) is 0.947. The Morgan fingerprint density at radius 2 is 2.12 bits per heavy atom. The number of benzene rings is 1. The Hall–Kier alpha value is -1.81. The van der Waals surface area contributed by atoms with E-state index < -0.39 is 0 Å². The molecule has 0 saturated carbocycles. The van der Waals surface area contributed by atoms with E-state index in [-0.39, 0.29) is 5.91 Å². The Morgan fingerprint density at radius 3 is 2.75 bits per heavy atom. The van der Waals surface area contributed by atoms with Gasteiger partial charge < -0.3 is 5.32 Å². The first kappa shape index (κ1) is 10.7. The highest BCUT2D eigenvalue weighted by atomic mass is 35.5. The number of carbonyl (C=O) groups excluding carboxylic acids is 1. The van der Waals surface area contributed by atoms with Crippen LogP contribution < -0.4 is 5.32 Å². The van der Waals surface area contributed by atoms with E-state index in [0.717, 1.165) is 0 Å². The molecule has 4 nitrogen and oxygen atoms in total. The molecule has 1 amide bonds. The van der Waals surface area contributed by atoms with E-state index in [1.807, 2.05) is 0 Å². The van der Waals surface area contributed by atoms with Gasteiger partial charge in [0.25, 0.3) is 5.91 Å².